The molecule has 8 nitrogen and oxygen atoms in total. The first-order valence-electron chi connectivity index (χ1n) is 6.00. The molecular weight excluding hydrogens is 300 g/mol. The number of rotatable bonds is 6. The number of nitrogen functional groups attached to an aromatic ring is 1. The number of hydrogen-bond acceptors (Lipinski definition) is 7. The Morgan fingerprint density at radius 3 is 2.86 bits per heavy atom. The highest BCUT2D eigenvalue weighted by Gasteiger charge is 2.14. The number of nitro groups is 1. The van der Waals surface area contributed by atoms with Gasteiger partial charge in [-0.2, -0.15) is 13.8 Å². The number of aromatic nitrogens is 2. The van der Waals surface area contributed by atoms with Gasteiger partial charge in [0.1, 0.15) is 11.9 Å². The summed E-state index contributed by atoms with van der Waals surface area (Å²) < 4.78 is 28.5. The average Bonchev–Trinajstić information content (AvgIpc) is 2.44. The van der Waals surface area contributed by atoms with Crippen LogP contribution in [0.4, 0.5) is 26.2 Å². The third kappa shape index (κ3) is 3.98. The van der Waals surface area contributed by atoms with Crippen LogP contribution in [0.25, 0.3) is 0 Å². The lowest BCUT2D eigenvalue weighted by Crippen LogP contribution is -2.07. The predicted octanol–water partition coefficient (Wildman–Crippen LogP) is 2.18. The van der Waals surface area contributed by atoms with E-state index in [-0.39, 0.29) is 24.1 Å². The quantitative estimate of drug-likeness (QED) is 0.620. The summed E-state index contributed by atoms with van der Waals surface area (Å²) in [7, 11) is 0. The second-order valence-corrected chi connectivity index (χ2v) is 4.10. The lowest BCUT2D eigenvalue weighted by atomic mass is 10.2. The van der Waals surface area contributed by atoms with E-state index in [0.29, 0.717) is 5.56 Å². The van der Waals surface area contributed by atoms with Crippen molar-refractivity contribution < 1.29 is 18.4 Å². The number of hydrogen-bond donors (Lipinski definition) is 2. The van der Waals surface area contributed by atoms with Gasteiger partial charge in [0, 0.05) is 6.54 Å². The molecule has 0 unspecified atom stereocenters. The normalized spacial score (nSPS) is 10.5. The van der Waals surface area contributed by atoms with E-state index in [2.05, 4.69) is 20.0 Å². The lowest BCUT2D eigenvalue weighted by molar-refractivity contribution is -0.384. The molecule has 1 aromatic carbocycles. The summed E-state index contributed by atoms with van der Waals surface area (Å²) in [6.45, 7) is -2.70. The van der Waals surface area contributed by atoms with Crippen LogP contribution in [0.15, 0.2) is 30.5 Å². The Hall–Kier alpha value is -3.04. The zero-order valence-corrected chi connectivity index (χ0v) is 11.1. The van der Waals surface area contributed by atoms with Crippen LogP contribution in [-0.4, -0.2) is 21.5 Å². The summed E-state index contributed by atoms with van der Waals surface area (Å²) >= 11 is 0. The molecule has 2 rings (SSSR count). The number of nitrogens with one attached hydrogen (secondary N) is 1. The summed E-state index contributed by atoms with van der Waals surface area (Å²) in [5, 5.41) is 13.4. The molecule has 0 aliphatic rings. The Labute approximate surface area is 123 Å². The van der Waals surface area contributed by atoms with E-state index in [1.54, 1.807) is 12.1 Å². The van der Waals surface area contributed by atoms with Crippen molar-refractivity contribution in [1.82, 2.24) is 9.97 Å². The molecule has 0 radical (unpaired) electrons. The summed E-state index contributed by atoms with van der Waals surface area (Å²) in [4.78, 5) is 17.4. The molecule has 2 aromatic rings. The van der Waals surface area contributed by atoms with E-state index in [1.165, 1.54) is 12.1 Å². The van der Waals surface area contributed by atoms with Crippen LogP contribution < -0.4 is 15.8 Å². The molecule has 1 aromatic heterocycles. The first-order valence-corrected chi connectivity index (χ1v) is 6.00. The standard InChI is InChI=1S/C12H11F2N5O3/c13-11(14)22-8-3-1-2-7(4-8)5-16-12-17-6-9(19(20)21)10(15)18-12/h1-4,6,11H,5H2,(H3,15,16,17,18). The van der Waals surface area contributed by atoms with Crippen molar-refractivity contribution in [3.63, 3.8) is 0 Å². The number of alkyl halides is 2. The molecule has 0 saturated carbocycles. The number of nitrogens with zero attached hydrogens (tertiary/aromatic N) is 3. The molecular formula is C12H11F2N5O3. The van der Waals surface area contributed by atoms with Crippen molar-refractivity contribution in [2.75, 3.05) is 11.1 Å². The first-order chi connectivity index (χ1) is 10.5. The predicted molar refractivity (Wildman–Crippen MR) is 73.5 cm³/mol. The van der Waals surface area contributed by atoms with Crippen molar-refractivity contribution in [2.24, 2.45) is 0 Å². The number of benzene rings is 1. The monoisotopic (exact) mass is 311 g/mol. The molecule has 10 heteroatoms. The Morgan fingerprint density at radius 2 is 2.23 bits per heavy atom. The van der Waals surface area contributed by atoms with Crippen LogP contribution in [0, 0.1) is 10.1 Å². The van der Waals surface area contributed by atoms with Gasteiger partial charge in [0.25, 0.3) is 0 Å². The van der Waals surface area contributed by atoms with Gasteiger partial charge < -0.3 is 15.8 Å². The van der Waals surface area contributed by atoms with Crippen molar-refractivity contribution in [2.45, 2.75) is 13.2 Å². The highest BCUT2D eigenvalue weighted by atomic mass is 19.3. The maximum absolute atomic E-state index is 12.1. The highest BCUT2D eigenvalue weighted by Crippen LogP contribution is 2.19. The smallest absolute Gasteiger partial charge is 0.387 e. The average molecular weight is 311 g/mol. The van der Waals surface area contributed by atoms with Gasteiger partial charge in [0.05, 0.1) is 4.92 Å². The van der Waals surface area contributed by atoms with Gasteiger partial charge in [-0.3, -0.25) is 10.1 Å². The molecule has 0 spiro atoms. The zero-order valence-electron chi connectivity index (χ0n) is 11.1. The molecule has 0 amide bonds. The topological polar surface area (TPSA) is 116 Å². The maximum atomic E-state index is 12.1. The summed E-state index contributed by atoms with van der Waals surface area (Å²) in [6, 6.07) is 6.06. The summed E-state index contributed by atoms with van der Waals surface area (Å²) in [5.41, 5.74) is 5.68. The highest BCUT2D eigenvalue weighted by molar-refractivity contribution is 5.53. The van der Waals surface area contributed by atoms with Gasteiger partial charge in [-0.25, -0.2) is 4.98 Å². The minimum atomic E-state index is -2.90. The number of halogens is 2. The second-order valence-electron chi connectivity index (χ2n) is 4.10. The lowest BCUT2D eigenvalue weighted by Gasteiger charge is -2.08. The molecule has 0 aliphatic carbocycles. The van der Waals surface area contributed by atoms with Gasteiger partial charge in [-0.05, 0) is 17.7 Å². The fraction of sp³-hybridized carbons (Fsp3) is 0.167. The van der Waals surface area contributed by atoms with E-state index < -0.39 is 17.2 Å². The molecule has 1 heterocycles. The molecule has 3 N–H and O–H groups in total. The molecule has 22 heavy (non-hydrogen) atoms. The van der Waals surface area contributed by atoms with Crippen LogP contribution in [0.1, 0.15) is 5.56 Å². The van der Waals surface area contributed by atoms with Crippen LogP contribution in [0.5, 0.6) is 5.75 Å². The van der Waals surface area contributed by atoms with Gasteiger partial charge in [0.15, 0.2) is 0 Å². The minimum Gasteiger partial charge on any atom is -0.435 e. The van der Waals surface area contributed by atoms with E-state index in [4.69, 9.17) is 5.73 Å². The third-order valence-corrected chi connectivity index (χ3v) is 2.57. The van der Waals surface area contributed by atoms with Gasteiger partial charge in [0.2, 0.25) is 11.8 Å². The summed E-state index contributed by atoms with van der Waals surface area (Å²) in [6.07, 6.45) is 0.987. The maximum Gasteiger partial charge on any atom is 0.387 e. The Kier molecular flexibility index (Phi) is 4.61. The summed E-state index contributed by atoms with van der Waals surface area (Å²) in [5.74, 6) is -0.154. The minimum absolute atomic E-state index is 0.0263. The van der Waals surface area contributed by atoms with E-state index in [9.17, 15) is 18.9 Å². The van der Waals surface area contributed by atoms with Crippen molar-refractivity contribution in [3.8, 4) is 5.75 Å². The molecule has 0 aliphatic heterocycles. The van der Waals surface area contributed by atoms with Crippen molar-refractivity contribution in [3.05, 3.63) is 46.1 Å². The van der Waals surface area contributed by atoms with Gasteiger partial charge in [-0.1, -0.05) is 12.1 Å². The molecule has 0 bridgehead atoms. The number of anilines is 2. The van der Waals surface area contributed by atoms with Crippen LogP contribution >= 0.6 is 0 Å². The van der Waals surface area contributed by atoms with Crippen molar-refractivity contribution in [1.29, 1.82) is 0 Å². The molecule has 0 saturated heterocycles. The van der Waals surface area contributed by atoms with Gasteiger partial charge >= 0.3 is 12.3 Å². The molecule has 116 valence electrons. The Balaban J connectivity index is 2.04. The molecule has 0 fully saturated rings. The Bertz CT molecular complexity index is 684. The second kappa shape index (κ2) is 6.61. The fourth-order valence-corrected chi connectivity index (χ4v) is 1.63. The SMILES string of the molecule is Nc1nc(NCc2cccc(OC(F)F)c2)ncc1[N+](=O)[O-]. The zero-order chi connectivity index (χ0) is 16.1. The molecule has 0 atom stereocenters. The fourth-order valence-electron chi connectivity index (χ4n) is 1.63. The van der Waals surface area contributed by atoms with Gasteiger partial charge in [-0.15, -0.1) is 0 Å². The number of nitrogens with two attached hydrogens (primary N) is 1. The van der Waals surface area contributed by atoms with Crippen molar-refractivity contribution >= 4 is 17.5 Å². The first kappa shape index (κ1) is 15.4. The van der Waals surface area contributed by atoms with E-state index in [0.717, 1.165) is 6.20 Å². The van der Waals surface area contributed by atoms with Crippen LogP contribution in [0.2, 0.25) is 0 Å². The van der Waals surface area contributed by atoms with Crippen LogP contribution in [-0.2, 0) is 6.54 Å². The number of ether oxygens (including phenoxy) is 1. The third-order valence-electron chi connectivity index (χ3n) is 2.57. The Morgan fingerprint density at radius 1 is 1.45 bits per heavy atom. The van der Waals surface area contributed by atoms with E-state index in [1.807, 2.05) is 0 Å². The van der Waals surface area contributed by atoms with E-state index >= 15 is 0 Å². The van der Waals surface area contributed by atoms with Crippen LogP contribution in [0.3, 0.4) is 0 Å². The largest absolute Gasteiger partial charge is 0.435 e.